The lowest BCUT2D eigenvalue weighted by Crippen LogP contribution is -2.35. The Balaban J connectivity index is 2.00. The van der Waals surface area contributed by atoms with E-state index in [0.29, 0.717) is 0 Å². The highest BCUT2D eigenvalue weighted by molar-refractivity contribution is 9.10. The molecule has 0 aliphatic carbocycles. The predicted molar refractivity (Wildman–Crippen MR) is 64.7 cm³/mol. The molecule has 1 aromatic carbocycles. The van der Waals surface area contributed by atoms with Crippen molar-refractivity contribution in [2.45, 2.75) is 25.6 Å². The molecule has 1 fully saturated rings. The number of hydrogen-bond acceptors (Lipinski definition) is 2. The summed E-state index contributed by atoms with van der Waals surface area (Å²) in [6.45, 7) is 1.71. The van der Waals surface area contributed by atoms with E-state index in [4.69, 9.17) is 4.74 Å². The van der Waals surface area contributed by atoms with Gasteiger partial charge in [-0.3, -0.25) is 0 Å². The van der Waals surface area contributed by atoms with Gasteiger partial charge in [-0.15, -0.1) is 0 Å². The summed E-state index contributed by atoms with van der Waals surface area (Å²) in [6, 6.07) is 2.60. The lowest BCUT2D eigenvalue weighted by molar-refractivity contribution is 0.0224. The lowest BCUT2D eigenvalue weighted by atomic mass is 10.1. The van der Waals surface area contributed by atoms with Gasteiger partial charge in [0, 0.05) is 6.54 Å². The quantitative estimate of drug-likeness (QED) is 0.867. The number of hydrogen-bond donors (Lipinski definition) is 1. The van der Waals surface area contributed by atoms with Crippen molar-refractivity contribution < 1.29 is 13.5 Å². The number of nitrogens with one attached hydrogen (secondary N) is 1. The maximum Gasteiger partial charge on any atom is 0.145 e. The first kappa shape index (κ1) is 12.9. The van der Waals surface area contributed by atoms with Crippen molar-refractivity contribution in [1.29, 1.82) is 0 Å². The molecule has 0 bridgehead atoms. The molecule has 0 unspecified atom stereocenters. The molecule has 0 radical (unpaired) electrons. The highest BCUT2D eigenvalue weighted by Gasteiger charge is 2.17. The lowest BCUT2D eigenvalue weighted by Gasteiger charge is -2.23. The zero-order chi connectivity index (χ0) is 12.3. The van der Waals surface area contributed by atoms with Crippen molar-refractivity contribution in [2.24, 2.45) is 0 Å². The van der Waals surface area contributed by atoms with E-state index in [-0.39, 0.29) is 22.7 Å². The number of halogens is 3. The van der Waals surface area contributed by atoms with Crippen molar-refractivity contribution in [3.8, 4) is 0 Å². The number of ether oxygens (including phenoxy) is 1. The predicted octanol–water partition coefficient (Wildman–Crippen LogP) is 3.00. The molecule has 2 rings (SSSR count). The molecule has 2 nitrogen and oxygen atoms in total. The molecule has 1 aliphatic heterocycles. The Bertz CT molecular complexity index is 394. The molecule has 1 aliphatic rings. The van der Waals surface area contributed by atoms with E-state index in [2.05, 4.69) is 21.2 Å². The minimum absolute atomic E-state index is 0.00931. The molecule has 1 heterocycles. The van der Waals surface area contributed by atoms with Crippen LogP contribution >= 0.6 is 15.9 Å². The normalized spacial score (nSPS) is 20.5. The fraction of sp³-hybridized carbons (Fsp3) is 0.500. The molecule has 0 spiro atoms. The van der Waals surface area contributed by atoms with E-state index in [0.717, 1.165) is 25.9 Å². The third kappa shape index (κ3) is 3.24. The molecule has 17 heavy (non-hydrogen) atoms. The third-order valence-corrected chi connectivity index (χ3v) is 3.47. The zero-order valence-corrected chi connectivity index (χ0v) is 10.9. The minimum Gasteiger partial charge on any atom is -0.372 e. The second-order valence-corrected chi connectivity index (χ2v) is 4.96. The van der Waals surface area contributed by atoms with Crippen molar-refractivity contribution in [1.82, 2.24) is 5.32 Å². The zero-order valence-electron chi connectivity index (χ0n) is 9.31. The molecule has 1 N–H and O–H groups in total. The van der Waals surface area contributed by atoms with Crippen molar-refractivity contribution >= 4 is 15.9 Å². The van der Waals surface area contributed by atoms with Crippen LogP contribution in [0.3, 0.4) is 0 Å². The summed E-state index contributed by atoms with van der Waals surface area (Å²) in [7, 11) is 0. The van der Waals surface area contributed by atoms with Gasteiger partial charge in [0.15, 0.2) is 0 Å². The van der Waals surface area contributed by atoms with Gasteiger partial charge in [0.2, 0.25) is 0 Å². The van der Waals surface area contributed by atoms with Crippen LogP contribution in [0.5, 0.6) is 0 Å². The maximum absolute atomic E-state index is 13.6. The Kier molecular flexibility index (Phi) is 4.48. The maximum atomic E-state index is 13.6. The van der Waals surface area contributed by atoms with Crippen molar-refractivity contribution in [3.63, 3.8) is 0 Å². The molecular weight excluding hydrogens is 292 g/mol. The summed E-state index contributed by atoms with van der Waals surface area (Å²) in [5.74, 6) is -1.14. The van der Waals surface area contributed by atoms with Gasteiger partial charge >= 0.3 is 0 Å². The minimum atomic E-state index is -0.575. The molecule has 5 heteroatoms. The van der Waals surface area contributed by atoms with E-state index >= 15 is 0 Å². The first-order valence-corrected chi connectivity index (χ1v) is 6.42. The van der Waals surface area contributed by atoms with Gasteiger partial charge in [0.05, 0.1) is 22.7 Å². The van der Waals surface area contributed by atoms with E-state index in [9.17, 15) is 8.78 Å². The monoisotopic (exact) mass is 305 g/mol. The summed E-state index contributed by atoms with van der Waals surface area (Å²) in [4.78, 5) is 0. The number of piperidine rings is 1. The summed E-state index contributed by atoms with van der Waals surface area (Å²) >= 11 is 3.04. The topological polar surface area (TPSA) is 21.3 Å². The van der Waals surface area contributed by atoms with Crippen LogP contribution in [0.25, 0.3) is 0 Å². The second kappa shape index (κ2) is 5.89. The van der Waals surface area contributed by atoms with Gasteiger partial charge in [0.25, 0.3) is 0 Å². The van der Waals surface area contributed by atoms with Crippen LogP contribution in [0.15, 0.2) is 16.6 Å². The summed E-state index contributed by atoms with van der Waals surface area (Å²) in [5, 5.41) is 3.19. The molecule has 0 saturated carbocycles. The van der Waals surface area contributed by atoms with E-state index in [1.165, 1.54) is 12.1 Å². The number of rotatable bonds is 3. The van der Waals surface area contributed by atoms with E-state index in [1.54, 1.807) is 0 Å². The summed E-state index contributed by atoms with van der Waals surface area (Å²) < 4.78 is 32.8. The van der Waals surface area contributed by atoms with Gasteiger partial charge < -0.3 is 10.1 Å². The SMILES string of the molecule is Fc1ccc(Br)c(F)c1CO[C@H]1CCCNC1. The molecule has 1 saturated heterocycles. The van der Waals surface area contributed by atoms with Crippen molar-refractivity contribution in [3.05, 3.63) is 33.8 Å². The van der Waals surface area contributed by atoms with Crippen molar-refractivity contribution in [2.75, 3.05) is 13.1 Å². The Labute approximate surface area is 107 Å². The summed E-state index contributed by atoms with van der Waals surface area (Å²) in [6.07, 6.45) is 2.01. The van der Waals surface area contributed by atoms with E-state index < -0.39 is 11.6 Å². The van der Waals surface area contributed by atoms with Gasteiger partial charge in [-0.2, -0.15) is 0 Å². The van der Waals surface area contributed by atoms with E-state index in [1.807, 2.05) is 0 Å². The van der Waals surface area contributed by atoms with Crippen LogP contribution in [0.1, 0.15) is 18.4 Å². The van der Waals surface area contributed by atoms with Gasteiger partial charge in [-0.1, -0.05) is 0 Å². The Morgan fingerprint density at radius 3 is 2.94 bits per heavy atom. The average molecular weight is 306 g/mol. The standard InChI is InChI=1S/C12H14BrF2NO/c13-10-3-4-11(14)9(12(10)15)7-17-8-2-1-5-16-6-8/h3-4,8,16H,1-2,5-7H2/t8-/m0/s1. The van der Waals surface area contributed by atoms with Crippen LogP contribution in [0.2, 0.25) is 0 Å². The Hall–Kier alpha value is -0.520. The molecular formula is C12H14BrF2NO. The van der Waals surface area contributed by atoms with Crippen LogP contribution < -0.4 is 5.32 Å². The molecule has 94 valence electrons. The Morgan fingerprint density at radius 2 is 2.24 bits per heavy atom. The molecule has 0 amide bonds. The van der Waals surface area contributed by atoms with Crippen LogP contribution in [-0.4, -0.2) is 19.2 Å². The molecule has 1 atom stereocenters. The fourth-order valence-electron chi connectivity index (χ4n) is 1.86. The van der Waals surface area contributed by atoms with Crippen LogP contribution in [-0.2, 0) is 11.3 Å². The first-order chi connectivity index (χ1) is 8.18. The summed E-state index contributed by atoms with van der Waals surface area (Å²) in [5.41, 5.74) is -0.00931. The highest BCUT2D eigenvalue weighted by atomic mass is 79.9. The number of benzene rings is 1. The van der Waals surface area contributed by atoms with Gasteiger partial charge in [0.1, 0.15) is 11.6 Å². The van der Waals surface area contributed by atoms with Crippen LogP contribution in [0.4, 0.5) is 8.78 Å². The second-order valence-electron chi connectivity index (χ2n) is 4.10. The Morgan fingerprint density at radius 1 is 1.41 bits per heavy atom. The fourth-order valence-corrected chi connectivity index (χ4v) is 2.24. The third-order valence-electron chi connectivity index (χ3n) is 2.85. The van der Waals surface area contributed by atoms with Crippen LogP contribution in [0, 0.1) is 11.6 Å². The van der Waals surface area contributed by atoms with Gasteiger partial charge in [-0.25, -0.2) is 8.78 Å². The molecule has 1 aromatic rings. The average Bonchev–Trinajstić information content (AvgIpc) is 2.35. The first-order valence-electron chi connectivity index (χ1n) is 5.63. The molecule has 0 aromatic heterocycles. The highest BCUT2D eigenvalue weighted by Crippen LogP contribution is 2.23. The van der Waals surface area contributed by atoms with Gasteiger partial charge in [-0.05, 0) is 47.4 Å². The smallest absolute Gasteiger partial charge is 0.145 e. The largest absolute Gasteiger partial charge is 0.372 e.